The maximum atomic E-state index is 12.8. The fourth-order valence-electron chi connectivity index (χ4n) is 2.59. The lowest BCUT2D eigenvalue weighted by atomic mass is 10.0. The third kappa shape index (κ3) is 3.39. The van der Waals surface area contributed by atoms with Gasteiger partial charge >= 0.3 is 6.03 Å². The van der Waals surface area contributed by atoms with Gasteiger partial charge in [-0.25, -0.2) is 9.69 Å². The number of anilines is 1. The third-order valence-electron chi connectivity index (χ3n) is 3.85. The highest BCUT2D eigenvalue weighted by molar-refractivity contribution is 9.10. The molecule has 2 aromatic carbocycles. The summed E-state index contributed by atoms with van der Waals surface area (Å²) in [7, 11) is 0. The van der Waals surface area contributed by atoms with Gasteiger partial charge in [-0.2, -0.15) is 0 Å². The number of amides is 4. The van der Waals surface area contributed by atoms with Gasteiger partial charge in [0.1, 0.15) is 5.57 Å². The predicted octanol–water partition coefficient (Wildman–Crippen LogP) is 3.73. The number of carbonyl (C=O) groups is 3. The Balaban J connectivity index is 2.03. The first-order valence-corrected chi connectivity index (χ1v) is 8.40. The largest absolute Gasteiger partial charge is 0.335 e. The first-order chi connectivity index (χ1) is 11.9. The number of imide groups is 2. The molecule has 0 spiro atoms. The molecule has 1 fully saturated rings. The molecule has 0 aliphatic carbocycles. The van der Waals surface area contributed by atoms with Crippen LogP contribution in [0.15, 0.2) is 52.5 Å². The second-order valence-electron chi connectivity index (χ2n) is 5.81. The number of aryl methyl sites for hydroxylation is 2. The fraction of sp³-hybridized carbons (Fsp3) is 0.105. The Morgan fingerprint density at radius 1 is 1.04 bits per heavy atom. The zero-order valence-corrected chi connectivity index (χ0v) is 15.3. The van der Waals surface area contributed by atoms with Gasteiger partial charge in [-0.3, -0.25) is 14.9 Å². The molecule has 0 radical (unpaired) electrons. The zero-order chi connectivity index (χ0) is 18.1. The highest BCUT2D eigenvalue weighted by atomic mass is 79.9. The molecule has 1 N–H and O–H groups in total. The van der Waals surface area contributed by atoms with Crippen molar-refractivity contribution in [2.75, 3.05) is 4.90 Å². The van der Waals surface area contributed by atoms with Crippen LogP contribution in [-0.2, 0) is 9.59 Å². The van der Waals surface area contributed by atoms with Gasteiger partial charge < -0.3 is 0 Å². The summed E-state index contributed by atoms with van der Waals surface area (Å²) >= 11 is 3.39. The number of carbonyl (C=O) groups excluding carboxylic acids is 3. The Morgan fingerprint density at radius 2 is 1.80 bits per heavy atom. The Kier molecular flexibility index (Phi) is 4.55. The maximum Gasteiger partial charge on any atom is 0.335 e. The number of nitrogens with one attached hydrogen (secondary N) is 1. The maximum absolute atomic E-state index is 12.8. The molecule has 1 saturated heterocycles. The summed E-state index contributed by atoms with van der Waals surface area (Å²) in [6.45, 7) is 3.78. The third-order valence-corrected chi connectivity index (χ3v) is 4.74. The number of hydrogen-bond acceptors (Lipinski definition) is 3. The van der Waals surface area contributed by atoms with E-state index >= 15 is 0 Å². The van der Waals surface area contributed by atoms with Crippen LogP contribution in [0.4, 0.5) is 10.5 Å². The number of halogens is 1. The quantitative estimate of drug-likeness (QED) is 0.618. The number of urea groups is 1. The number of rotatable bonds is 2. The van der Waals surface area contributed by atoms with Crippen LogP contribution in [0.5, 0.6) is 0 Å². The molecule has 0 atom stereocenters. The summed E-state index contributed by atoms with van der Waals surface area (Å²) in [4.78, 5) is 38.1. The SMILES string of the molecule is Cc1cccc(/C=C2/C(=O)NC(=O)N(c3ccc(Br)c(C)c3)C2=O)c1. The highest BCUT2D eigenvalue weighted by Crippen LogP contribution is 2.26. The Bertz CT molecular complexity index is 934. The lowest BCUT2D eigenvalue weighted by Crippen LogP contribution is -2.54. The lowest BCUT2D eigenvalue weighted by molar-refractivity contribution is -0.122. The fourth-order valence-corrected chi connectivity index (χ4v) is 2.83. The molecule has 0 bridgehead atoms. The van der Waals surface area contributed by atoms with E-state index in [2.05, 4.69) is 21.2 Å². The molecule has 4 amide bonds. The molecule has 126 valence electrons. The number of nitrogens with zero attached hydrogens (tertiary/aromatic N) is 1. The smallest absolute Gasteiger partial charge is 0.273 e. The van der Waals surface area contributed by atoms with Gasteiger partial charge in [0.05, 0.1) is 5.69 Å². The normalized spacial score (nSPS) is 16.4. The standard InChI is InChI=1S/C19H15BrN2O3/c1-11-4-3-5-13(8-11)10-15-17(23)21-19(25)22(18(15)24)14-6-7-16(20)12(2)9-14/h3-10H,1-2H3,(H,21,23,25)/b15-10-. The summed E-state index contributed by atoms with van der Waals surface area (Å²) in [5.74, 6) is -1.33. The van der Waals surface area contributed by atoms with Gasteiger partial charge in [-0.05, 0) is 49.2 Å². The second-order valence-corrected chi connectivity index (χ2v) is 6.66. The van der Waals surface area contributed by atoms with Crippen molar-refractivity contribution in [3.05, 3.63) is 69.2 Å². The van der Waals surface area contributed by atoms with Crippen molar-refractivity contribution in [2.45, 2.75) is 13.8 Å². The summed E-state index contributed by atoms with van der Waals surface area (Å²) < 4.78 is 0.868. The Hall–Kier alpha value is -2.73. The van der Waals surface area contributed by atoms with E-state index in [1.54, 1.807) is 24.3 Å². The van der Waals surface area contributed by atoms with E-state index in [9.17, 15) is 14.4 Å². The first-order valence-electron chi connectivity index (χ1n) is 7.61. The number of hydrogen-bond donors (Lipinski definition) is 1. The molecular formula is C19H15BrN2O3. The average molecular weight is 399 g/mol. The molecular weight excluding hydrogens is 384 g/mol. The van der Waals surface area contributed by atoms with E-state index in [0.29, 0.717) is 5.69 Å². The van der Waals surface area contributed by atoms with Crippen molar-refractivity contribution in [1.29, 1.82) is 0 Å². The molecule has 1 heterocycles. The molecule has 1 aliphatic rings. The first kappa shape index (κ1) is 17.1. The zero-order valence-electron chi connectivity index (χ0n) is 13.7. The van der Waals surface area contributed by atoms with E-state index < -0.39 is 17.8 Å². The van der Waals surface area contributed by atoms with Crippen LogP contribution < -0.4 is 10.2 Å². The van der Waals surface area contributed by atoms with Crippen molar-refractivity contribution in [3.8, 4) is 0 Å². The molecule has 2 aromatic rings. The van der Waals surface area contributed by atoms with E-state index in [0.717, 1.165) is 26.1 Å². The van der Waals surface area contributed by atoms with Gasteiger partial charge in [0, 0.05) is 4.47 Å². The van der Waals surface area contributed by atoms with Gasteiger partial charge in [0.15, 0.2) is 0 Å². The van der Waals surface area contributed by atoms with Crippen LogP contribution >= 0.6 is 15.9 Å². The molecule has 0 aromatic heterocycles. The minimum absolute atomic E-state index is 0.0780. The van der Waals surface area contributed by atoms with Crippen LogP contribution in [-0.4, -0.2) is 17.8 Å². The van der Waals surface area contributed by atoms with Gasteiger partial charge in [-0.1, -0.05) is 45.8 Å². The second kappa shape index (κ2) is 6.64. The van der Waals surface area contributed by atoms with Gasteiger partial charge in [0.25, 0.3) is 11.8 Å². The summed E-state index contributed by atoms with van der Waals surface area (Å²) in [6.07, 6.45) is 1.50. The number of barbiturate groups is 1. The van der Waals surface area contributed by atoms with Gasteiger partial charge in [-0.15, -0.1) is 0 Å². The molecule has 1 aliphatic heterocycles. The van der Waals surface area contributed by atoms with Crippen molar-refractivity contribution < 1.29 is 14.4 Å². The van der Waals surface area contributed by atoms with E-state index in [1.165, 1.54) is 6.08 Å². The summed E-state index contributed by atoms with van der Waals surface area (Å²) in [5, 5.41) is 2.22. The predicted molar refractivity (Wildman–Crippen MR) is 99.1 cm³/mol. The van der Waals surface area contributed by atoms with Crippen molar-refractivity contribution in [2.24, 2.45) is 0 Å². The van der Waals surface area contributed by atoms with E-state index in [4.69, 9.17) is 0 Å². The van der Waals surface area contributed by atoms with Gasteiger partial charge in [0.2, 0.25) is 0 Å². The van der Waals surface area contributed by atoms with E-state index in [1.807, 2.05) is 32.0 Å². The Morgan fingerprint density at radius 3 is 2.48 bits per heavy atom. The average Bonchev–Trinajstić information content (AvgIpc) is 2.55. The van der Waals surface area contributed by atoms with E-state index in [-0.39, 0.29) is 5.57 Å². The highest BCUT2D eigenvalue weighted by Gasteiger charge is 2.36. The molecule has 0 unspecified atom stereocenters. The molecule has 0 saturated carbocycles. The van der Waals surface area contributed by atoms with Crippen LogP contribution in [0, 0.1) is 13.8 Å². The van der Waals surface area contributed by atoms with Crippen LogP contribution in [0.1, 0.15) is 16.7 Å². The topological polar surface area (TPSA) is 66.5 Å². The molecule has 25 heavy (non-hydrogen) atoms. The Labute approximate surface area is 153 Å². The van der Waals surface area contributed by atoms with Crippen LogP contribution in [0.3, 0.4) is 0 Å². The van der Waals surface area contributed by atoms with Crippen LogP contribution in [0.25, 0.3) is 6.08 Å². The minimum atomic E-state index is -0.752. The van der Waals surface area contributed by atoms with Crippen molar-refractivity contribution in [1.82, 2.24) is 5.32 Å². The minimum Gasteiger partial charge on any atom is -0.273 e. The number of benzene rings is 2. The monoisotopic (exact) mass is 398 g/mol. The van der Waals surface area contributed by atoms with Crippen LogP contribution in [0.2, 0.25) is 0 Å². The lowest BCUT2D eigenvalue weighted by Gasteiger charge is -2.26. The summed E-state index contributed by atoms with van der Waals surface area (Å²) in [6, 6.07) is 11.8. The molecule has 5 nitrogen and oxygen atoms in total. The van der Waals surface area contributed by atoms with Crippen molar-refractivity contribution >= 4 is 45.5 Å². The van der Waals surface area contributed by atoms with Crippen molar-refractivity contribution in [3.63, 3.8) is 0 Å². The molecule has 3 rings (SSSR count). The summed E-state index contributed by atoms with van der Waals surface area (Å²) in [5.41, 5.74) is 2.94. The molecule has 6 heteroatoms.